The smallest absolute Gasteiger partial charge is 0.253 e. The van der Waals surface area contributed by atoms with Crippen LogP contribution < -0.4 is 5.32 Å². The molecule has 0 bridgehead atoms. The van der Waals surface area contributed by atoms with Crippen molar-refractivity contribution < 1.29 is 14.6 Å². The Kier molecular flexibility index (Phi) is 5.52. The molecule has 4 rings (SSSR count). The summed E-state index contributed by atoms with van der Waals surface area (Å²) in [5.41, 5.74) is 0.544. The maximum atomic E-state index is 12.8. The first-order chi connectivity index (χ1) is 13.6. The topological polar surface area (TPSA) is 87.6 Å². The van der Waals surface area contributed by atoms with Crippen molar-refractivity contribution in [3.05, 3.63) is 47.8 Å². The molecule has 2 N–H and O–H groups in total. The number of anilines is 1. The first-order valence-electron chi connectivity index (χ1n) is 9.40. The van der Waals surface area contributed by atoms with Gasteiger partial charge in [-0.05, 0) is 36.8 Å². The van der Waals surface area contributed by atoms with Gasteiger partial charge in [0.25, 0.3) is 5.91 Å². The number of rotatable bonds is 5. The van der Waals surface area contributed by atoms with Crippen molar-refractivity contribution in [3.63, 3.8) is 0 Å². The lowest BCUT2D eigenvalue weighted by atomic mass is 9.91. The van der Waals surface area contributed by atoms with E-state index in [-0.39, 0.29) is 11.9 Å². The monoisotopic (exact) mass is 400 g/mol. The molecule has 7 nitrogen and oxygen atoms in total. The van der Waals surface area contributed by atoms with Gasteiger partial charge in [-0.25, -0.2) is 9.97 Å². The maximum absolute atomic E-state index is 12.8. The van der Waals surface area contributed by atoms with Gasteiger partial charge < -0.3 is 20.1 Å². The molecule has 0 spiro atoms. The second-order valence-corrected chi connectivity index (χ2v) is 8.14. The third-order valence-electron chi connectivity index (χ3n) is 5.33. The number of aliphatic hydroxyl groups is 1. The fourth-order valence-electron chi connectivity index (χ4n) is 3.47. The highest BCUT2D eigenvalue weighted by Gasteiger charge is 2.38. The zero-order valence-corrected chi connectivity index (χ0v) is 16.6. The van der Waals surface area contributed by atoms with Crippen molar-refractivity contribution in [2.24, 2.45) is 0 Å². The van der Waals surface area contributed by atoms with E-state index in [9.17, 15) is 9.90 Å². The molecule has 0 saturated carbocycles. The Bertz CT molecular complexity index is 816. The normalized spacial score (nSPS) is 19.1. The molecule has 1 aromatic heterocycles. The molecule has 2 aromatic rings. The summed E-state index contributed by atoms with van der Waals surface area (Å²) in [4.78, 5) is 24.4. The molecule has 148 valence electrons. The molecule has 1 aromatic carbocycles. The molecule has 0 aliphatic carbocycles. The standard InChI is InChI=1S/C20H24N4O3S/c1-28-17-10-21-19(22-11-17)23-16-6-8-24(9-7-16)18(25)14-2-4-15(5-3-14)20(26)12-27-13-20/h2-5,10-11,16,26H,6-9,12-13H2,1H3,(H,21,22,23). The van der Waals surface area contributed by atoms with Gasteiger partial charge in [0.15, 0.2) is 0 Å². The number of carbonyl (C=O) groups excluding carboxylic acids is 1. The third kappa shape index (κ3) is 3.99. The zero-order valence-electron chi connectivity index (χ0n) is 15.8. The van der Waals surface area contributed by atoms with Crippen LogP contribution in [0.4, 0.5) is 5.95 Å². The fourth-order valence-corrected chi connectivity index (χ4v) is 3.79. The summed E-state index contributed by atoms with van der Waals surface area (Å²) in [5.74, 6) is 0.665. The van der Waals surface area contributed by atoms with Gasteiger partial charge in [-0.15, -0.1) is 11.8 Å². The lowest BCUT2D eigenvalue weighted by Gasteiger charge is -2.37. The molecular formula is C20H24N4O3S. The number of nitrogens with one attached hydrogen (secondary N) is 1. The second-order valence-electron chi connectivity index (χ2n) is 7.26. The van der Waals surface area contributed by atoms with Gasteiger partial charge in [-0.3, -0.25) is 4.79 Å². The summed E-state index contributed by atoms with van der Waals surface area (Å²) in [5, 5.41) is 13.7. The van der Waals surface area contributed by atoms with E-state index < -0.39 is 5.60 Å². The van der Waals surface area contributed by atoms with Gasteiger partial charge in [0.1, 0.15) is 5.60 Å². The van der Waals surface area contributed by atoms with E-state index in [2.05, 4.69) is 15.3 Å². The van der Waals surface area contributed by atoms with Gasteiger partial charge in [0.05, 0.1) is 13.2 Å². The summed E-state index contributed by atoms with van der Waals surface area (Å²) in [7, 11) is 0. The Morgan fingerprint density at radius 1 is 1.21 bits per heavy atom. The van der Waals surface area contributed by atoms with E-state index in [0.29, 0.717) is 37.8 Å². The lowest BCUT2D eigenvalue weighted by Crippen LogP contribution is -2.46. The molecule has 0 unspecified atom stereocenters. The van der Waals surface area contributed by atoms with Crippen LogP contribution in [0.5, 0.6) is 0 Å². The van der Waals surface area contributed by atoms with Gasteiger partial charge in [-0.2, -0.15) is 0 Å². The van der Waals surface area contributed by atoms with Crippen molar-refractivity contribution in [2.45, 2.75) is 29.4 Å². The number of benzene rings is 1. The van der Waals surface area contributed by atoms with Crippen molar-refractivity contribution in [3.8, 4) is 0 Å². The fraction of sp³-hybridized carbons (Fsp3) is 0.450. The predicted octanol–water partition coefficient (Wildman–Crippen LogP) is 2.13. The third-order valence-corrected chi connectivity index (χ3v) is 6.01. The summed E-state index contributed by atoms with van der Waals surface area (Å²) in [6.07, 6.45) is 7.34. The van der Waals surface area contributed by atoms with Crippen LogP contribution in [0, 0.1) is 0 Å². The number of ether oxygens (including phenoxy) is 1. The lowest BCUT2D eigenvalue weighted by molar-refractivity contribution is -0.184. The molecule has 1 amide bonds. The van der Waals surface area contributed by atoms with Gasteiger partial charge in [0, 0.05) is 42.0 Å². The number of hydrogen-bond acceptors (Lipinski definition) is 7. The Hall–Kier alpha value is -2.16. The minimum atomic E-state index is -0.901. The molecule has 2 saturated heterocycles. The first-order valence-corrected chi connectivity index (χ1v) is 10.6. The second kappa shape index (κ2) is 8.06. The van der Waals surface area contributed by atoms with Crippen LogP contribution in [0.15, 0.2) is 41.6 Å². The predicted molar refractivity (Wildman–Crippen MR) is 108 cm³/mol. The largest absolute Gasteiger partial charge is 0.380 e. The summed E-state index contributed by atoms with van der Waals surface area (Å²) in [6, 6.07) is 7.48. The van der Waals surface area contributed by atoms with Crippen LogP contribution in [0.2, 0.25) is 0 Å². The van der Waals surface area contributed by atoms with Crippen molar-refractivity contribution in [2.75, 3.05) is 37.9 Å². The van der Waals surface area contributed by atoms with E-state index in [4.69, 9.17) is 4.74 Å². The Balaban J connectivity index is 1.31. The molecule has 3 heterocycles. The minimum absolute atomic E-state index is 0.0300. The summed E-state index contributed by atoms with van der Waals surface area (Å²) >= 11 is 1.61. The number of piperidine rings is 1. The number of aromatic nitrogens is 2. The average Bonchev–Trinajstić information content (AvgIpc) is 2.73. The van der Waals surface area contributed by atoms with Gasteiger partial charge in [-0.1, -0.05) is 12.1 Å². The van der Waals surface area contributed by atoms with Gasteiger partial charge in [0.2, 0.25) is 5.95 Å². The highest BCUT2D eigenvalue weighted by molar-refractivity contribution is 7.98. The molecule has 2 fully saturated rings. The number of likely N-dealkylation sites (tertiary alicyclic amines) is 1. The van der Waals surface area contributed by atoms with Crippen LogP contribution in [-0.4, -0.2) is 64.5 Å². The van der Waals surface area contributed by atoms with Crippen LogP contribution in [0.25, 0.3) is 0 Å². The first kappa shape index (κ1) is 19.2. The van der Waals surface area contributed by atoms with E-state index in [0.717, 1.165) is 23.3 Å². The molecule has 8 heteroatoms. The number of amides is 1. The molecule has 0 atom stereocenters. The SMILES string of the molecule is CSc1cnc(NC2CCN(C(=O)c3ccc(C4(O)COC4)cc3)CC2)nc1. The van der Waals surface area contributed by atoms with Crippen LogP contribution in [0.1, 0.15) is 28.8 Å². The van der Waals surface area contributed by atoms with Crippen LogP contribution >= 0.6 is 11.8 Å². The van der Waals surface area contributed by atoms with Crippen LogP contribution in [0.3, 0.4) is 0 Å². The van der Waals surface area contributed by atoms with E-state index in [1.165, 1.54) is 0 Å². The molecule has 2 aliphatic rings. The van der Waals surface area contributed by atoms with Crippen molar-refractivity contribution in [1.29, 1.82) is 0 Å². The number of carbonyl (C=O) groups is 1. The van der Waals surface area contributed by atoms with E-state index in [1.54, 1.807) is 23.9 Å². The van der Waals surface area contributed by atoms with Crippen molar-refractivity contribution >= 4 is 23.6 Å². The number of hydrogen-bond donors (Lipinski definition) is 2. The highest BCUT2D eigenvalue weighted by atomic mass is 32.2. The minimum Gasteiger partial charge on any atom is -0.380 e. The van der Waals surface area contributed by atoms with E-state index in [1.807, 2.05) is 35.7 Å². The molecule has 28 heavy (non-hydrogen) atoms. The Morgan fingerprint density at radius 2 is 1.86 bits per heavy atom. The molecule has 2 aliphatic heterocycles. The quantitative estimate of drug-likeness (QED) is 0.744. The maximum Gasteiger partial charge on any atom is 0.253 e. The van der Waals surface area contributed by atoms with E-state index >= 15 is 0 Å². The Morgan fingerprint density at radius 3 is 2.39 bits per heavy atom. The molecular weight excluding hydrogens is 376 g/mol. The van der Waals surface area contributed by atoms with Crippen LogP contribution in [-0.2, 0) is 10.3 Å². The summed E-state index contributed by atoms with van der Waals surface area (Å²) < 4.78 is 5.09. The number of nitrogens with zero attached hydrogens (tertiary/aromatic N) is 3. The zero-order chi connectivity index (χ0) is 19.6. The number of thioether (sulfide) groups is 1. The molecule has 0 radical (unpaired) electrons. The summed E-state index contributed by atoms with van der Waals surface area (Å²) in [6.45, 7) is 2.01. The Labute approximate surface area is 168 Å². The van der Waals surface area contributed by atoms with Crippen molar-refractivity contribution in [1.82, 2.24) is 14.9 Å². The van der Waals surface area contributed by atoms with Gasteiger partial charge >= 0.3 is 0 Å². The average molecular weight is 401 g/mol. The highest BCUT2D eigenvalue weighted by Crippen LogP contribution is 2.29.